The van der Waals surface area contributed by atoms with Crippen molar-refractivity contribution < 1.29 is 23.0 Å². The fraction of sp³-hybridized carbons (Fsp3) is 0.333. The molecule has 0 aromatic heterocycles. The van der Waals surface area contributed by atoms with Gasteiger partial charge >= 0.3 is 6.61 Å². The zero-order chi connectivity index (χ0) is 12.7. The van der Waals surface area contributed by atoms with Gasteiger partial charge in [0.1, 0.15) is 6.29 Å². The van der Waals surface area contributed by atoms with E-state index in [-0.39, 0.29) is 18.1 Å². The molecule has 1 aromatic rings. The van der Waals surface area contributed by atoms with Crippen molar-refractivity contribution in [2.45, 2.75) is 13.0 Å². The Kier molecular flexibility index (Phi) is 5.39. The molecule has 1 atom stereocenters. The zero-order valence-electron chi connectivity index (χ0n) is 9.01. The number of hydrogen-bond acceptors (Lipinski definition) is 3. The van der Waals surface area contributed by atoms with E-state index in [1.54, 1.807) is 12.1 Å². The van der Waals surface area contributed by atoms with Gasteiger partial charge in [0.25, 0.3) is 0 Å². The number of halogens is 2. The molecule has 17 heavy (non-hydrogen) atoms. The van der Waals surface area contributed by atoms with E-state index < -0.39 is 12.5 Å². The van der Waals surface area contributed by atoms with Gasteiger partial charge in [-0.15, -0.1) is 0 Å². The number of ether oxygens (including phenoxy) is 2. The Labute approximate surface area is 98.3 Å². The van der Waals surface area contributed by atoms with Gasteiger partial charge in [0.2, 0.25) is 0 Å². The average molecular weight is 242 g/mol. The molecule has 0 spiro atoms. The standard InChI is InChI=1S/C12H12F2O3/c1-9(8-15)6-7-16-10-4-2-3-5-11(10)17-12(13)14/h1-5,8-9,12H,6-7H2/t9-/m0/s1. The first-order valence-corrected chi connectivity index (χ1v) is 5.01. The molecule has 92 valence electrons. The molecule has 0 amide bonds. The fourth-order valence-electron chi connectivity index (χ4n) is 1.14. The van der Waals surface area contributed by atoms with Gasteiger partial charge in [-0.05, 0) is 25.5 Å². The van der Waals surface area contributed by atoms with E-state index in [1.165, 1.54) is 12.1 Å². The van der Waals surface area contributed by atoms with E-state index >= 15 is 0 Å². The van der Waals surface area contributed by atoms with E-state index in [0.29, 0.717) is 12.7 Å². The van der Waals surface area contributed by atoms with Crippen LogP contribution in [0.4, 0.5) is 8.78 Å². The first-order chi connectivity index (χ1) is 8.13. The second kappa shape index (κ2) is 6.83. The van der Waals surface area contributed by atoms with Crippen LogP contribution in [0, 0.1) is 12.8 Å². The van der Waals surface area contributed by atoms with Crippen molar-refractivity contribution in [3.05, 3.63) is 31.2 Å². The lowest BCUT2D eigenvalue weighted by molar-refractivity contribution is -0.110. The number of para-hydroxylation sites is 2. The molecular weight excluding hydrogens is 230 g/mol. The summed E-state index contributed by atoms with van der Waals surface area (Å²) in [5, 5.41) is 0. The Hall–Kier alpha value is -1.65. The Morgan fingerprint density at radius 2 is 1.94 bits per heavy atom. The third-order valence-corrected chi connectivity index (χ3v) is 1.95. The lowest BCUT2D eigenvalue weighted by atomic mass is 10.1. The van der Waals surface area contributed by atoms with Crippen molar-refractivity contribution in [3.8, 4) is 11.5 Å². The van der Waals surface area contributed by atoms with Gasteiger partial charge in [-0.2, -0.15) is 8.78 Å². The number of aldehydes is 1. The van der Waals surface area contributed by atoms with Crippen LogP contribution in [-0.4, -0.2) is 19.5 Å². The molecule has 0 fully saturated rings. The first-order valence-electron chi connectivity index (χ1n) is 5.01. The summed E-state index contributed by atoms with van der Waals surface area (Å²) in [6.07, 6.45) is 0.914. The Bertz CT molecular complexity index is 355. The molecule has 0 heterocycles. The van der Waals surface area contributed by atoms with Gasteiger partial charge < -0.3 is 14.3 Å². The van der Waals surface area contributed by atoms with Crippen LogP contribution < -0.4 is 9.47 Å². The highest BCUT2D eigenvalue weighted by Gasteiger charge is 2.10. The van der Waals surface area contributed by atoms with E-state index in [9.17, 15) is 13.6 Å². The minimum atomic E-state index is -2.91. The molecular formula is C12H12F2O3. The molecule has 0 unspecified atom stereocenters. The predicted octanol–water partition coefficient (Wildman–Crippen LogP) is 2.58. The van der Waals surface area contributed by atoms with Gasteiger partial charge in [0, 0.05) is 5.92 Å². The normalized spacial score (nSPS) is 12.2. The van der Waals surface area contributed by atoms with Gasteiger partial charge in [0.15, 0.2) is 11.5 Å². The number of carbonyl (C=O) groups excluding carboxylic acids is 1. The molecule has 1 rings (SSSR count). The number of hydrogen-bond donors (Lipinski definition) is 0. The number of rotatable bonds is 7. The minimum absolute atomic E-state index is 0.0397. The summed E-state index contributed by atoms with van der Waals surface area (Å²) < 4.78 is 33.6. The van der Waals surface area contributed by atoms with Gasteiger partial charge in [0.05, 0.1) is 6.61 Å². The van der Waals surface area contributed by atoms with Crippen LogP contribution in [0.5, 0.6) is 11.5 Å². The maximum atomic E-state index is 12.1. The summed E-state index contributed by atoms with van der Waals surface area (Å²) in [5.41, 5.74) is 0. The monoisotopic (exact) mass is 242 g/mol. The number of alkyl halides is 2. The van der Waals surface area contributed by atoms with Crippen LogP contribution in [0.25, 0.3) is 0 Å². The van der Waals surface area contributed by atoms with Crippen LogP contribution in [0.3, 0.4) is 0 Å². The Morgan fingerprint density at radius 1 is 1.29 bits per heavy atom. The zero-order valence-corrected chi connectivity index (χ0v) is 9.01. The summed E-state index contributed by atoms with van der Waals surface area (Å²) in [7, 11) is 0. The predicted molar refractivity (Wildman–Crippen MR) is 57.0 cm³/mol. The maximum Gasteiger partial charge on any atom is 0.387 e. The van der Waals surface area contributed by atoms with E-state index in [1.807, 2.05) is 0 Å². The summed E-state index contributed by atoms with van der Waals surface area (Å²) in [5.74, 6) is -0.453. The highest BCUT2D eigenvalue weighted by Crippen LogP contribution is 2.28. The first kappa shape index (κ1) is 13.4. The maximum absolute atomic E-state index is 12.1. The van der Waals surface area contributed by atoms with Crippen molar-refractivity contribution in [3.63, 3.8) is 0 Å². The molecule has 0 aliphatic rings. The lowest BCUT2D eigenvalue weighted by Gasteiger charge is -2.12. The van der Waals surface area contributed by atoms with Gasteiger partial charge in [-0.1, -0.05) is 12.1 Å². The van der Waals surface area contributed by atoms with Gasteiger partial charge in [-0.25, -0.2) is 0 Å². The van der Waals surface area contributed by atoms with Crippen molar-refractivity contribution in [1.82, 2.24) is 0 Å². The van der Waals surface area contributed by atoms with Crippen LogP contribution in [0.15, 0.2) is 24.3 Å². The van der Waals surface area contributed by atoms with Crippen molar-refractivity contribution in [2.24, 2.45) is 5.92 Å². The van der Waals surface area contributed by atoms with E-state index in [0.717, 1.165) is 0 Å². The lowest BCUT2D eigenvalue weighted by Crippen LogP contribution is -2.08. The Morgan fingerprint density at radius 3 is 2.53 bits per heavy atom. The van der Waals surface area contributed by atoms with Gasteiger partial charge in [-0.3, -0.25) is 0 Å². The third-order valence-electron chi connectivity index (χ3n) is 1.95. The topological polar surface area (TPSA) is 35.5 Å². The summed E-state index contributed by atoms with van der Waals surface area (Å²) in [6, 6.07) is 6.07. The molecule has 0 N–H and O–H groups in total. The molecule has 5 heteroatoms. The minimum Gasteiger partial charge on any atom is -0.490 e. The summed E-state index contributed by atoms with van der Waals surface area (Å²) >= 11 is 0. The molecule has 0 aliphatic carbocycles. The second-order valence-electron chi connectivity index (χ2n) is 3.26. The van der Waals surface area contributed by atoms with Crippen LogP contribution >= 0.6 is 0 Å². The fourth-order valence-corrected chi connectivity index (χ4v) is 1.14. The third kappa shape index (κ3) is 4.80. The molecule has 0 bridgehead atoms. The number of benzene rings is 1. The van der Waals surface area contributed by atoms with Crippen molar-refractivity contribution >= 4 is 6.29 Å². The second-order valence-corrected chi connectivity index (χ2v) is 3.26. The molecule has 3 nitrogen and oxygen atoms in total. The molecule has 0 saturated carbocycles. The largest absolute Gasteiger partial charge is 0.490 e. The van der Waals surface area contributed by atoms with E-state index in [2.05, 4.69) is 4.74 Å². The van der Waals surface area contributed by atoms with Crippen molar-refractivity contribution in [1.29, 1.82) is 0 Å². The van der Waals surface area contributed by atoms with Crippen LogP contribution in [-0.2, 0) is 4.79 Å². The Balaban J connectivity index is 2.54. The molecule has 0 saturated heterocycles. The highest BCUT2D eigenvalue weighted by molar-refractivity contribution is 5.54. The summed E-state index contributed by atoms with van der Waals surface area (Å²) in [6.45, 7) is 2.61. The summed E-state index contributed by atoms with van der Waals surface area (Å²) in [4.78, 5) is 10.3. The SMILES string of the molecule is [CH][C@H](C=O)CCOc1ccccc1OC(F)F. The van der Waals surface area contributed by atoms with Crippen LogP contribution in [0.2, 0.25) is 0 Å². The quantitative estimate of drug-likeness (QED) is 0.689. The highest BCUT2D eigenvalue weighted by atomic mass is 19.3. The molecule has 2 radical (unpaired) electrons. The van der Waals surface area contributed by atoms with E-state index in [4.69, 9.17) is 11.7 Å². The average Bonchev–Trinajstić information content (AvgIpc) is 2.30. The van der Waals surface area contributed by atoms with Crippen molar-refractivity contribution in [2.75, 3.05) is 6.61 Å². The number of carbonyl (C=O) groups is 1. The van der Waals surface area contributed by atoms with Crippen LogP contribution in [0.1, 0.15) is 6.42 Å². The molecule has 1 aromatic carbocycles. The molecule has 0 aliphatic heterocycles. The smallest absolute Gasteiger partial charge is 0.387 e.